The summed E-state index contributed by atoms with van der Waals surface area (Å²) in [6.45, 7) is 8.97. The summed E-state index contributed by atoms with van der Waals surface area (Å²) in [5.41, 5.74) is 5.98. The molecule has 5 nitrogen and oxygen atoms in total. The smallest absolute Gasteiger partial charge is 0.366 e. The Morgan fingerprint density at radius 2 is 1.16 bits per heavy atom. The van der Waals surface area contributed by atoms with Crippen molar-refractivity contribution in [3.05, 3.63) is 71.0 Å². The summed E-state index contributed by atoms with van der Waals surface area (Å²) in [4.78, 5) is 0. The van der Waals surface area contributed by atoms with E-state index in [2.05, 4.69) is 6.92 Å². The first-order valence-electron chi connectivity index (χ1n) is 9.78. The minimum atomic E-state index is 0. The maximum Gasteiger partial charge on any atom is 0.366 e. The van der Waals surface area contributed by atoms with Gasteiger partial charge in [-0.1, -0.05) is 24.3 Å². The van der Waals surface area contributed by atoms with Gasteiger partial charge in [-0.05, 0) is 57.5 Å². The molecule has 0 aliphatic carbocycles. The fourth-order valence-electron chi connectivity index (χ4n) is 3.42. The number of rotatable bonds is 6. The molecule has 1 aromatic heterocycles. The highest BCUT2D eigenvalue weighted by molar-refractivity contribution is 5.91. The third kappa shape index (κ3) is 5.69. The molecule has 31 heavy (non-hydrogen) atoms. The molecule has 3 aromatic rings. The lowest BCUT2D eigenvalue weighted by Crippen LogP contribution is -3.00. The molecule has 2 aromatic carbocycles. The monoisotopic (exact) mass is 462 g/mol. The lowest BCUT2D eigenvalue weighted by molar-refractivity contribution is -0.138. The maximum absolute atomic E-state index is 6.13. The van der Waals surface area contributed by atoms with Crippen LogP contribution in [0.5, 0.6) is 0 Å². The van der Waals surface area contributed by atoms with E-state index in [0.29, 0.717) is 25.0 Å². The van der Waals surface area contributed by atoms with Crippen LogP contribution < -0.4 is 35.6 Å². The van der Waals surface area contributed by atoms with Gasteiger partial charge in [0.2, 0.25) is 0 Å². The van der Waals surface area contributed by atoms with E-state index in [0.717, 1.165) is 44.9 Å². The van der Waals surface area contributed by atoms with Crippen molar-refractivity contribution in [3.63, 3.8) is 0 Å². The van der Waals surface area contributed by atoms with Crippen LogP contribution in [0.4, 0.5) is 0 Å². The number of hydrogen-bond acceptors (Lipinski definition) is 3. The molecule has 7 heteroatoms. The van der Waals surface area contributed by atoms with Gasteiger partial charge in [0, 0.05) is 16.7 Å². The lowest BCUT2D eigenvalue weighted by Gasteiger charge is -2.05. The molecule has 4 N–H and O–H groups in total. The molecule has 0 unspecified atom stereocenters. The zero-order valence-electron chi connectivity index (χ0n) is 18.2. The fourth-order valence-corrected chi connectivity index (χ4v) is 3.42. The molecule has 0 aliphatic heterocycles. The van der Waals surface area contributed by atoms with Crippen LogP contribution in [0.25, 0.3) is 22.5 Å². The van der Waals surface area contributed by atoms with Gasteiger partial charge in [-0.15, -0.1) is 0 Å². The van der Waals surface area contributed by atoms with Crippen LogP contribution in [0.2, 0.25) is 0 Å². The summed E-state index contributed by atoms with van der Waals surface area (Å²) in [6.07, 6.45) is 0. The quantitative estimate of drug-likeness (QED) is 0.292. The number of ether oxygens (including phenoxy) is 2. The largest absolute Gasteiger partial charge is 1.00 e. The van der Waals surface area contributed by atoms with Crippen LogP contribution in [0, 0.1) is 13.8 Å². The van der Waals surface area contributed by atoms with Gasteiger partial charge in [-0.3, -0.25) is 0 Å². The second kappa shape index (κ2) is 11.6. The van der Waals surface area contributed by atoms with E-state index in [9.17, 15) is 0 Å². The zero-order valence-corrected chi connectivity index (χ0v) is 19.7. The summed E-state index contributed by atoms with van der Waals surface area (Å²) >= 11 is 0. The third-order valence-electron chi connectivity index (χ3n) is 4.81. The molecule has 0 fully saturated rings. The van der Waals surface area contributed by atoms with Crippen molar-refractivity contribution in [2.24, 2.45) is 0 Å². The standard InChI is InChI=1S/C24H26N2O3.2ClH/c1-5-27-23(25)19-11-7-17(8-12-19)21-15(3)22(29-16(21)4)18-9-13-20(14-10-18)24(26)28-6-2;;/h7-14,25-26H,5-6H2,1-4H3;2*1H. The first-order valence-corrected chi connectivity index (χ1v) is 9.78. The van der Waals surface area contributed by atoms with Gasteiger partial charge in [-0.25, -0.2) is 10.8 Å². The van der Waals surface area contributed by atoms with Gasteiger partial charge in [-0.2, -0.15) is 0 Å². The van der Waals surface area contributed by atoms with Crippen molar-refractivity contribution >= 4 is 11.8 Å². The number of halogens is 2. The Labute approximate surface area is 195 Å². The van der Waals surface area contributed by atoms with Crippen molar-refractivity contribution in [2.75, 3.05) is 13.2 Å². The summed E-state index contributed by atoms with van der Waals surface area (Å²) in [6, 6.07) is 15.9. The summed E-state index contributed by atoms with van der Waals surface area (Å²) < 4.78 is 16.9. The number of hydrogen-bond donors (Lipinski definition) is 2. The molecule has 0 amide bonds. The van der Waals surface area contributed by atoms with Gasteiger partial charge < -0.3 is 38.7 Å². The van der Waals surface area contributed by atoms with Crippen molar-refractivity contribution in [3.8, 4) is 22.5 Å². The maximum atomic E-state index is 6.13. The molecule has 0 bridgehead atoms. The van der Waals surface area contributed by atoms with E-state index in [1.165, 1.54) is 0 Å². The Hall–Kier alpha value is -2.76. The predicted molar refractivity (Wildman–Crippen MR) is 114 cm³/mol. The molecular weight excluding hydrogens is 435 g/mol. The highest BCUT2D eigenvalue weighted by atomic mass is 35.5. The topological polar surface area (TPSA) is 82.8 Å². The van der Waals surface area contributed by atoms with E-state index < -0.39 is 0 Å². The number of aryl methyl sites for hydroxylation is 1. The van der Waals surface area contributed by atoms with E-state index in [4.69, 9.17) is 24.7 Å². The second-order valence-corrected chi connectivity index (χ2v) is 6.74. The van der Waals surface area contributed by atoms with Crippen molar-refractivity contribution in [1.29, 1.82) is 0 Å². The molecule has 0 radical (unpaired) electrons. The molecule has 0 saturated carbocycles. The van der Waals surface area contributed by atoms with Crippen LogP contribution in [0.1, 0.15) is 36.3 Å². The summed E-state index contributed by atoms with van der Waals surface area (Å²) in [5, 5.41) is 11.9. The molecule has 0 spiro atoms. The molecule has 166 valence electrons. The third-order valence-corrected chi connectivity index (χ3v) is 4.81. The first-order chi connectivity index (χ1) is 14.0. The SMILES string of the molecule is CCOC(=[NH2+])c1ccc(-c2oc(C)c(-c3ccc(C(=[NH2+])OCC)cc3)c2C)cc1.[Cl-].[Cl-]. The van der Waals surface area contributed by atoms with Gasteiger partial charge in [0.25, 0.3) is 0 Å². The van der Waals surface area contributed by atoms with Gasteiger partial charge in [0.15, 0.2) is 0 Å². The molecule has 0 atom stereocenters. The minimum Gasteiger partial charge on any atom is -1.00 e. The van der Waals surface area contributed by atoms with E-state index >= 15 is 0 Å². The Morgan fingerprint density at radius 3 is 1.58 bits per heavy atom. The molecule has 3 rings (SSSR count). The number of benzene rings is 2. The molecule has 1 heterocycles. The summed E-state index contributed by atoms with van der Waals surface area (Å²) in [7, 11) is 0. The van der Waals surface area contributed by atoms with Crippen LogP contribution >= 0.6 is 0 Å². The average Bonchev–Trinajstić information content (AvgIpc) is 3.02. The van der Waals surface area contributed by atoms with E-state index in [1.807, 2.05) is 69.3 Å². The Bertz CT molecular complexity index is 1030. The first kappa shape index (κ1) is 26.3. The lowest BCUT2D eigenvalue weighted by atomic mass is 9.98. The zero-order chi connectivity index (χ0) is 21.0. The van der Waals surface area contributed by atoms with E-state index in [-0.39, 0.29) is 24.8 Å². The van der Waals surface area contributed by atoms with Crippen LogP contribution in [0.15, 0.2) is 52.9 Å². The normalized spacial score (nSPS) is 9.94. The highest BCUT2D eigenvalue weighted by Crippen LogP contribution is 2.37. The van der Waals surface area contributed by atoms with Crippen LogP contribution in [0.3, 0.4) is 0 Å². The van der Waals surface area contributed by atoms with Crippen LogP contribution in [-0.2, 0) is 9.47 Å². The molecule has 0 saturated heterocycles. The highest BCUT2D eigenvalue weighted by Gasteiger charge is 2.18. The van der Waals surface area contributed by atoms with Crippen molar-refractivity contribution in [1.82, 2.24) is 0 Å². The molecule has 0 aliphatic rings. The fraction of sp³-hybridized carbons (Fsp3) is 0.250. The predicted octanol–water partition coefficient (Wildman–Crippen LogP) is -3.68. The Balaban J connectivity index is 0.00000240. The summed E-state index contributed by atoms with van der Waals surface area (Å²) in [5.74, 6) is 2.58. The van der Waals surface area contributed by atoms with Crippen molar-refractivity contribution < 1.29 is 49.5 Å². The number of nitrogens with two attached hydrogens (primary N) is 2. The van der Waals surface area contributed by atoms with Gasteiger partial charge in [0.05, 0.1) is 24.3 Å². The van der Waals surface area contributed by atoms with E-state index in [1.54, 1.807) is 0 Å². The minimum absolute atomic E-state index is 0. The average molecular weight is 463 g/mol. The van der Waals surface area contributed by atoms with Gasteiger partial charge >= 0.3 is 11.8 Å². The van der Waals surface area contributed by atoms with Crippen LogP contribution in [-0.4, -0.2) is 25.0 Å². The number of furan rings is 1. The van der Waals surface area contributed by atoms with Gasteiger partial charge in [0.1, 0.15) is 11.5 Å². The Morgan fingerprint density at radius 1 is 0.742 bits per heavy atom. The molecular formula is C24H28Cl2N2O3. The second-order valence-electron chi connectivity index (χ2n) is 6.74. The van der Waals surface area contributed by atoms with Crippen molar-refractivity contribution in [2.45, 2.75) is 27.7 Å². The Kier molecular flexibility index (Phi) is 9.82.